The Labute approximate surface area is 117 Å². The second kappa shape index (κ2) is 7.46. The van der Waals surface area contributed by atoms with Crippen molar-refractivity contribution in [3.05, 3.63) is 29.3 Å². The third-order valence-electron chi connectivity index (χ3n) is 2.65. The van der Waals surface area contributed by atoms with Crippen molar-refractivity contribution < 1.29 is 9.53 Å². The highest BCUT2D eigenvalue weighted by atomic mass is 35.5. The van der Waals surface area contributed by atoms with Gasteiger partial charge in [-0.3, -0.25) is 4.79 Å². The van der Waals surface area contributed by atoms with Crippen LogP contribution in [0.25, 0.3) is 0 Å². The van der Waals surface area contributed by atoms with Crippen LogP contribution in [0.3, 0.4) is 0 Å². The van der Waals surface area contributed by atoms with Crippen LogP contribution in [0.1, 0.15) is 0 Å². The minimum absolute atomic E-state index is 0. The third kappa shape index (κ3) is 4.37. The minimum Gasteiger partial charge on any atom is -0.482 e. The van der Waals surface area contributed by atoms with Gasteiger partial charge in [0.05, 0.1) is 5.02 Å². The molecule has 4 nitrogen and oxygen atoms in total. The molecule has 2 rings (SSSR count). The Hall–Kier alpha value is -0.970. The van der Waals surface area contributed by atoms with Crippen LogP contribution in [0, 0.1) is 5.92 Å². The van der Waals surface area contributed by atoms with E-state index in [0.29, 0.717) is 23.2 Å². The van der Waals surface area contributed by atoms with Crippen molar-refractivity contribution in [3.8, 4) is 5.75 Å². The maximum Gasteiger partial charge on any atom is 0.257 e. The maximum atomic E-state index is 11.5. The van der Waals surface area contributed by atoms with Gasteiger partial charge in [-0.15, -0.1) is 12.4 Å². The van der Waals surface area contributed by atoms with Crippen LogP contribution in [0.15, 0.2) is 24.3 Å². The highest BCUT2D eigenvalue weighted by molar-refractivity contribution is 6.32. The van der Waals surface area contributed by atoms with Crippen LogP contribution in [-0.4, -0.2) is 32.1 Å². The van der Waals surface area contributed by atoms with E-state index in [2.05, 4.69) is 10.6 Å². The SMILES string of the molecule is Cl.O=C(COc1ccccc1Cl)NCC1CNC1. The predicted molar refractivity (Wildman–Crippen MR) is 73.6 cm³/mol. The van der Waals surface area contributed by atoms with E-state index in [9.17, 15) is 4.79 Å². The molecular formula is C12H16Cl2N2O2. The van der Waals surface area contributed by atoms with E-state index in [1.54, 1.807) is 12.1 Å². The number of rotatable bonds is 5. The van der Waals surface area contributed by atoms with Crippen LogP contribution < -0.4 is 15.4 Å². The van der Waals surface area contributed by atoms with E-state index in [0.717, 1.165) is 13.1 Å². The monoisotopic (exact) mass is 290 g/mol. The van der Waals surface area contributed by atoms with Crippen LogP contribution in [0.4, 0.5) is 0 Å². The van der Waals surface area contributed by atoms with Gasteiger partial charge in [0.15, 0.2) is 6.61 Å². The lowest BCUT2D eigenvalue weighted by Gasteiger charge is -2.27. The highest BCUT2D eigenvalue weighted by Crippen LogP contribution is 2.22. The van der Waals surface area contributed by atoms with Gasteiger partial charge in [-0.25, -0.2) is 0 Å². The zero-order chi connectivity index (χ0) is 12.1. The molecule has 1 heterocycles. The van der Waals surface area contributed by atoms with Gasteiger partial charge in [-0.2, -0.15) is 0 Å². The van der Waals surface area contributed by atoms with Gasteiger partial charge in [-0.05, 0) is 12.1 Å². The molecule has 0 aromatic heterocycles. The Bertz CT molecular complexity index is 397. The van der Waals surface area contributed by atoms with Crippen molar-refractivity contribution in [1.29, 1.82) is 0 Å². The normalized spacial score (nSPS) is 14.3. The van der Waals surface area contributed by atoms with E-state index in [4.69, 9.17) is 16.3 Å². The molecule has 1 aliphatic rings. The maximum absolute atomic E-state index is 11.5. The summed E-state index contributed by atoms with van der Waals surface area (Å²) < 4.78 is 5.32. The molecule has 1 fully saturated rings. The number of benzene rings is 1. The molecule has 0 saturated carbocycles. The van der Waals surface area contributed by atoms with Crippen LogP contribution in [0.5, 0.6) is 5.75 Å². The number of hydrogen-bond donors (Lipinski definition) is 2. The third-order valence-corrected chi connectivity index (χ3v) is 2.96. The molecule has 6 heteroatoms. The fourth-order valence-electron chi connectivity index (χ4n) is 1.51. The molecule has 1 saturated heterocycles. The Morgan fingerprint density at radius 2 is 2.17 bits per heavy atom. The second-order valence-corrected chi connectivity index (χ2v) is 4.45. The number of carbonyl (C=O) groups excluding carboxylic acids is 1. The van der Waals surface area contributed by atoms with Crippen molar-refractivity contribution in [2.75, 3.05) is 26.2 Å². The summed E-state index contributed by atoms with van der Waals surface area (Å²) in [6, 6.07) is 7.11. The first-order valence-electron chi connectivity index (χ1n) is 5.60. The topological polar surface area (TPSA) is 50.4 Å². The molecule has 1 amide bonds. The molecular weight excluding hydrogens is 275 g/mol. The predicted octanol–water partition coefficient (Wildman–Crippen LogP) is 1.48. The number of halogens is 2. The summed E-state index contributed by atoms with van der Waals surface area (Å²) in [4.78, 5) is 11.5. The van der Waals surface area contributed by atoms with Gasteiger partial charge in [0.1, 0.15) is 5.75 Å². The summed E-state index contributed by atoms with van der Waals surface area (Å²) in [7, 11) is 0. The van der Waals surface area contributed by atoms with E-state index in [-0.39, 0.29) is 24.9 Å². The zero-order valence-electron chi connectivity index (χ0n) is 9.82. The number of nitrogens with one attached hydrogen (secondary N) is 2. The summed E-state index contributed by atoms with van der Waals surface area (Å²) in [6.07, 6.45) is 0. The second-order valence-electron chi connectivity index (χ2n) is 4.05. The molecule has 2 N–H and O–H groups in total. The lowest BCUT2D eigenvalue weighted by atomic mass is 10.0. The summed E-state index contributed by atoms with van der Waals surface area (Å²) in [5.74, 6) is 0.978. The molecule has 1 aromatic carbocycles. The van der Waals surface area contributed by atoms with Gasteiger partial charge in [-0.1, -0.05) is 23.7 Å². The summed E-state index contributed by atoms with van der Waals surface area (Å²) >= 11 is 5.90. The van der Waals surface area contributed by atoms with Crippen molar-refractivity contribution >= 4 is 29.9 Å². The Morgan fingerprint density at radius 3 is 2.78 bits per heavy atom. The largest absolute Gasteiger partial charge is 0.482 e. The van der Waals surface area contributed by atoms with Crippen LogP contribution in [-0.2, 0) is 4.79 Å². The molecule has 0 spiro atoms. The molecule has 0 aliphatic carbocycles. The standard InChI is InChI=1S/C12H15ClN2O2.ClH/c13-10-3-1-2-4-11(10)17-8-12(16)15-7-9-5-14-6-9;/h1-4,9,14H,5-8H2,(H,15,16);1H. The average Bonchev–Trinajstić information content (AvgIpc) is 2.26. The number of carbonyl (C=O) groups is 1. The summed E-state index contributed by atoms with van der Waals surface area (Å²) in [5, 5.41) is 6.49. The van der Waals surface area contributed by atoms with E-state index < -0.39 is 0 Å². The van der Waals surface area contributed by atoms with Gasteiger partial charge in [0.25, 0.3) is 5.91 Å². The summed E-state index contributed by atoms with van der Waals surface area (Å²) in [5.41, 5.74) is 0. The lowest BCUT2D eigenvalue weighted by molar-refractivity contribution is -0.123. The Morgan fingerprint density at radius 1 is 1.44 bits per heavy atom. The van der Waals surface area contributed by atoms with Crippen molar-refractivity contribution in [2.45, 2.75) is 0 Å². The number of amides is 1. The molecule has 0 atom stereocenters. The van der Waals surface area contributed by atoms with E-state index >= 15 is 0 Å². The van der Waals surface area contributed by atoms with Crippen LogP contribution in [0.2, 0.25) is 5.02 Å². The van der Waals surface area contributed by atoms with Crippen molar-refractivity contribution in [1.82, 2.24) is 10.6 Å². The minimum atomic E-state index is -0.114. The zero-order valence-corrected chi connectivity index (χ0v) is 11.4. The van der Waals surface area contributed by atoms with Crippen molar-refractivity contribution in [3.63, 3.8) is 0 Å². The van der Waals surface area contributed by atoms with E-state index in [1.165, 1.54) is 0 Å². The Balaban J connectivity index is 0.00000162. The molecule has 0 unspecified atom stereocenters. The Kier molecular flexibility index (Phi) is 6.25. The molecule has 0 bridgehead atoms. The highest BCUT2D eigenvalue weighted by Gasteiger charge is 2.17. The first kappa shape index (κ1) is 15.1. The number of para-hydroxylation sites is 1. The number of ether oxygens (including phenoxy) is 1. The van der Waals surface area contributed by atoms with Gasteiger partial charge < -0.3 is 15.4 Å². The smallest absolute Gasteiger partial charge is 0.257 e. The number of hydrogen-bond acceptors (Lipinski definition) is 3. The molecule has 100 valence electrons. The first-order chi connectivity index (χ1) is 8.25. The first-order valence-corrected chi connectivity index (χ1v) is 5.98. The molecule has 1 aliphatic heterocycles. The molecule has 1 aromatic rings. The van der Waals surface area contributed by atoms with E-state index in [1.807, 2.05) is 12.1 Å². The molecule has 18 heavy (non-hydrogen) atoms. The van der Waals surface area contributed by atoms with Gasteiger partial charge in [0, 0.05) is 25.6 Å². The molecule has 0 radical (unpaired) electrons. The van der Waals surface area contributed by atoms with Crippen molar-refractivity contribution in [2.24, 2.45) is 5.92 Å². The fourth-order valence-corrected chi connectivity index (χ4v) is 1.70. The van der Waals surface area contributed by atoms with Gasteiger partial charge >= 0.3 is 0 Å². The average molecular weight is 291 g/mol. The quantitative estimate of drug-likeness (QED) is 0.864. The lowest BCUT2D eigenvalue weighted by Crippen LogP contribution is -2.48. The fraction of sp³-hybridized carbons (Fsp3) is 0.417. The van der Waals surface area contributed by atoms with Crippen LogP contribution >= 0.6 is 24.0 Å². The van der Waals surface area contributed by atoms with Gasteiger partial charge in [0.2, 0.25) is 0 Å². The summed E-state index contributed by atoms with van der Waals surface area (Å²) in [6.45, 7) is 2.67.